The molecule has 0 spiro atoms. The fraction of sp³-hybridized carbons (Fsp3) is 0.308. The van der Waals surface area contributed by atoms with Crippen molar-refractivity contribution in [1.29, 1.82) is 0 Å². The van der Waals surface area contributed by atoms with Crippen molar-refractivity contribution < 1.29 is 4.79 Å². The third-order valence-electron chi connectivity index (χ3n) is 2.74. The molecule has 1 heterocycles. The Morgan fingerprint density at radius 3 is 2.88 bits per heavy atom. The smallest absolute Gasteiger partial charge is 0.270 e. The van der Waals surface area contributed by atoms with Crippen molar-refractivity contribution in [3.8, 4) is 0 Å². The SMILES string of the molecule is CSCCN(C)C(=O)c1cc2ccccc2[nH]1. The number of hydrogen-bond acceptors (Lipinski definition) is 2. The van der Waals surface area contributed by atoms with Crippen LogP contribution in [0.2, 0.25) is 0 Å². The Bertz CT molecular complexity index is 488. The van der Waals surface area contributed by atoms with Crippen molar-refractivity contribution in [2.75, 3.05) is 25.6 Å². The van der Waals surface area contributed by atoms with Gasteiger partial charge in [0.05, 0.1) is 0 Å². The van der Waals surface area contributed by atoms with Gasteiger partial charge in [0.25, 0.3) is 5.91 Å². The molecule has 2 rings (SSSR count). The Morgan fingerprint density at radius 1 is 1.41 bits per heavy atom. The second-order valence-corrected chi connectivity index (χ2v) is 4.98. The number of amides is 1. The maximum Gasteiger partial charge on any atom is 0.270 e. The van der Waals surface area contributed by atoms with Gasteiger partial charge in [-0.05, 0) is 18.4 Å². The lowest BCUT2D eigenvalue weighted by Gasteiger charge is -2.15. The predicted octanol–water partition coefficient (Wildman–Crippen LogP) is 2.60. The summed E-state index contributed by atoms with van der Waals surface area (Å²) in [6.45, 7) is 0.773. The third kappa shape index (κ3) is 2.64. The normalized spacial score (nSPS) is 10.7. The Balaban J connectivity index is 2.18. The first kappa shape index (κ1) is 12.0. The summed E-state index contributed by atoms with van der Waals surface area (Å²) in [5, 5.41) is 1.08. The zero-order valence-corrected chi connectivity index (χ0v) is 10.9. The molecule has 1 N–H and O–H groups in total. The van der Waals surface area contributed by atoms with E-state index in [1.54, 1.807) is 16.7 Å². The average Bonchev–Trinajstić information content (AvgIpc) is 2.78. The molecule has 0 bridgehead atoms. The second kappa shape index (κ2) is 5.27. The van der Waals surface area contributed by atoms with E-state index in [-0.39, 0.29) is 5.91 Å². The maximum absolute atomic E-state index is 12.1. The number of para-hydroxylation sites is 1. The summed E-state index contributed by atoms with van der Waals surface area (Å²) >= 11 is 1.74. The maximum atomic E-state index is 12.1. The van der Waals surface area contributed by atoms with Crippen LogP contribution in [0, 0.1) is 0 Å². The van der Waals surface area contributed by atoms with Gasteiger partial charge in [0.1, 0.15) is 5.69 Å². The van der Waals surface area contributed by atoms with Gasteiger partial charge in [-0.15, -0.1) is 0 Å². The van der Waals surface area contributed by atoms with Crippen LogP contribution < -0.4 is 0 Å². The van der Waals surface area contributed by atoms with Crippen LogP contribution in [0.15, 0.2) is 30.3 Å². The molecule has 0 unspecified atom stereocenters. The Labute approximate surface area is 105 Å². The van der Waals surface area contributed by atoms with Crippen molar-refractivity contribution in [1.82, 2.24) is 9.88 Å². The first-order valence-electron chi connectivity index (χ1n) is 5.54. The van der Waals surface area contributed by atoms with Gasteiger partial charge in [0.15, 0.2) is 0 Å². The van der Waals surface area contributed by atoms with Gasteiger partial charge in [-0.2, -0.15) is 11.8 Å². The summed E-state index contributed by atoms with van der Waals surface area (Å²) in [6.07, 6.45) is 2.04. The number of hydrogen-bond donors (Lipinski definition) is 1. The predicted molar refractivity (Wildman–Crippen MR) is 73.6 cm³/mol. The number of thioether (sulfide) groups is 1. The van der Waals surface area contributed by atoms with E-state index < -0.39 is 0 Å². The van der Waals surface area contributed by atoms with Crippen molar-refractivity contribution in [3.63, 3.8) is 0 Å². The lowest BCUT2D eigenvalue weighted by Crippen LogP contribution is -2.29. The molecular weight excluding hydrogens is 232 g/mol. The fourth-order valence-electron chi connectivity index (χ4n) is 1.72. The van der Waals surface area contributed by atoms with Crippen LogP contribution in [0.5, 0.6) is 0 Å². The van der Waals surface area contributed by atoms with Crippen LogP contribution in [0.4, 0.5) is 0 Å². The molecule has 1 aromatic carbocycles. The molecule has 0 aliphatic carbocycles. The highest BCUT2D eigenvalue weighted by Gasteiger charge is 2.13. The molecule has 1 amide bonds. The summed E-state index contributed by atoms with van der Waals surface area (Å²) in [7, 11) is 1.84. The molecule has 0 aliphatic rings. The standard InChI is InChI=1S/C13H16N2OS/c1-15(7-8-17-2)13(16)12-9-10-5-3-4-6-11(10)14-12/h3-6,9,14H,7-8H2,1-2H3. The van der Waals surface area contributed by atoms with Crippen molar-refractivity contribution >= 4 is 28.6 Å². The van der Waals surface area contributed by atoms with Crippen LogP contribution >= 0.6 is 11.8 Å². The van der Waals surface area contributed by atoms with E-state index in [0.29, 0.717) is 5.69 Å². The number of H-pyrrole nitrogens is 1. The van der Waals surface area contributed by atoms with E-state index in [1.165, 1.54) is 0 Å². The van der Waals surface area contributed by atoms with E-state index in [4.69, 9.17) is 0 Å². The fourth-order valence-corrected chi connectivity index (χ4v) is 2.18. The Kier molecular flexibility index (Phi) is 3.74. The molecule has 0 aliphatic heterocycles. The number of carbonyl (C=O) groups is 1. The Hall–Kier alpha value is -1.42. The monoisotopic (exact) mass is 248 g/mol. The summed E-state index contributed by atoms with van der Waals surface area (Å²) < 4.78 is 0. The third-order valence-corrected chi connectivity index (χ3v) is 3.33. The van der Waals surface area contributed by atoms with E-state index in [0.717, 1.165) is 23.2 Å². The largest absolute Gasteiger partial charge is 0.351 e. The van der Waals surface area contributed by atoms with Crippen LogP contribution in [0.3, 0.4) is 0 Å². The number of carbonyl (C=O) groups excluding carboxylic acids is 1. The number of rotatable bonds is 4. The minimum Gasteiger partial charge on any atom is -0.351 e. The van der Waals surface area contributed by atoms with Crippen molar-refractivity contribution in [2.24, 2.45) is 0 Å². The number of aromatic amines is 1. The number of nitrogens with zero attached hydrogens (tertiary/aromatic N) is 1. The van der Waals surface area contributed by atoms with E-state index in [9.17, 15) is 4.79 Å². The van der Waals surface area contributed by atoms with E-state index >= 15 is 0 Å². The molecule has 0 atom stereocenters. The lowest BCUT2D eigenvalue weighted by molar-refractivity contribution is 0.0799. The van der Waals surface area contributed by atoms with Crippen LogP contribution in [-0.4, -0.2) is 41.4 Å². The highest BCUT2D eigenvalue weighted by atomic mass is 32.2. The molecule has 1 aromatic heterocycles. The second-order valence-electron chi connectivity index (χ2n) is 3.99. The average molecular weight is 248 g/mol. The number of aromatic nitrogens is 1. The number of fused-ring (bicyclic) bond motifs is 1. The number of nitrogens with one attached hydrogen (secondary N) is 1. The lowest BCUT2D eigenvalue weighted by atomic mass is 10.2. The molecule has 2 aromatic rings. The molecular formula is C13H16N2OS. The molecule has 17 heavy (non-hydrogen) atoms. The number of benzene rings is 1. The van der Waals surface area contributed by atoms with Gasteiger partial charge in [-0.1, -0.05) is 18.2 Å². The van der Waals surface area contributed by atoms with E-state index in [2.05, 4.69) is 4.98 Å². The molecule has 90 valence electrons. The van der Waals surface area contributed by atoms with Crippen molar-refractivity contribution in [3.05, 3.63) is 36.0 Å². The van der Waals surface area contributed by atoms with Gasteiger partial charge in [0, 0.05) is 30.2 Å². The minimum absolute atomic E-state index is 0.0512. The van der Waals surface area contributed by atoms with Gasteiger partial charge in [-0.3, -0.25) is 4.79 Å². The van der Waals surface area contributed by atoms with Gasteiger partial charge in [0.2, 0.25) is 0 Å². The molecule has 4 heteroatoms. The first-order valence-corrected chi connectivity index (χ1v) is 6.94. The summed E-state index contributed by atoms with van der Waals surface area (Å²) in [6, 6.07) is 9.83. The summed E-state index contributed by atoms with van der Waals surface area (Å²) in [5.74, 6) is 1.01. The highest BCUT2D eigenvalue weighted by Crippen LogP contribution is 2.15. The molecule has 0 fully saturated rings. The van der Waals surface area contributed by atoms with Gasteiger partial charge in [-0.25, -0.2) is 0 Å². The zero-order chi connectivity index (χ0) is 12.3. The van der Waals surface area contributed by atoms with E-state index in [1.807, 2.05) is 43.6 Å². The quantitative estimate of drug-likeness (QED) is 0.903. The highest BCUT2D eigenvalue weighted by molar-refractivity contribution is 7.98. The van der Waals surface area contributed by atoms with Crippen LogP contribution in [-0.2, 0) is 0 Å². The van der Waals surface area contributed by atoms with Crippen LogP contribution in [0.1, 0.15) is 10.5 Å². The Morgan fingerprint density at radius 2 is 2.18 bits per heavy atom. The topological polar surface area (TPSA) is 36.1 Å². The van der Waals surface area contributed by atoms with Gasteiger partial charge >= 0.3 is 0 Å². The van der Waals surface area contributed by atoms with Crippen molar-refractivity contribution in [2.45, 2.75) is 0 Å². The molecule has 3 nitrogen and oxygen atoms in total. The molecule has 0 saturated carbocycles. The first-order chi connectivity index (χ1) is 8.22. The molecule has 0 radical (unpaired) electrons. The summed E-state index contributed by atoms with van der Waals surface area (Å²) in [5.41, 5.74) is 1.67. The summed E-state index contributed by atoms with van der Waals surface area (Å²) in [4.78, 5) is 17.0. The van der Waals surface area contributed by atoms with Gasteiger partial charge < -0.3 is 9.88 Å². The molecule has 0 saturated heterocycles. The minimum atomic E-state index is 0.0512. The zero-order valence-electron chi connectivity index (χ0n) is 10.1. The van der Waals surface area contributed by atoms with Crippen LogP contribution in [0.25, 0.3) is 10.9 Å².